The van der Waals surface area contributed by atoms with Crippen LogP contribution in [0.4, 0.5) is 5.69 Å². The molecule has 4 saturated heterocycles. The monoisotopic (exact) mass is 463 g/mol. The number of nitrogens with zero attached hydrogens (tertiary/aromatic N) is 2. The van der Waals surface area contributed by atoms with Gasteiger partial charge in [-0.3, -0.25) is 9.59 Å². The van der Waals surface area contributed by atoms with E-state index in [-0.39, 0.29) is 24.2 Å². The van der Waals surface area contributed by atoms with E-state index in [0.29, 0.717) is 47.7 Å². The third-order valence-electron chi connectivity index (χ3n) is 9.47. The van der Waals surface area contributed by atoms with Crippen LogP contribution < -0.4 is 10.1 Å². The first-order valence-corrected chi connectivity index (χ1v) is 12.2. The Morgan fingerprint density at radius 1 is 1.24 bits per heavy atom. The molecule has 8 heteroatoms. The van der Waals surface area contributed by atoms with Crippen LogP contribution in [0, 0.1) is 16.5 Å². The summed E-state index contributed by atoms with van der Waals surface area (Å²) in [6.45, 7) is 8.33. The van der Waals surface area contributed by atoms with Crippen LogP contribution in [0.3, 0.4) is 0 Å². The molecule has 7 aliphatic rings. The summed E-state index contributed by atoms with van der Waals surface area (Å²) in [6.07, 6.45) is 5.68. The standard InChI is InChI=1S/C26H29N3O5/c1-22(2)10-8-14-16(34-22)7-6-15-18(14)29(33)19-23(3,4)17-12-24-9-5-11-28(24)21(31)25(17,27-20(24)30)13-26(15,19)32/h6-8,10,17,32H,5,9,11-13H2,1-4H3,(H,27,30). The van der Waals surface area contributed by atoms with Crippen LogP contribution in [0.25, 0.3) is 6.08 Å². The number of carbonyl (C=O) groups excluding carboxylic acids is 2. The molecule has 4 unspecified atom stereocenters. The van der Waals surface area contributed by atoms with Crippen molar-refractivity contribution in [3.8, 4) is 5.75 Å². The van der Waals surface area contributed by atoms with Gasteiger partial charge in [0.2, 0.25) is 23.2 Å². The first-order chi connectivity index (χ1) is 15.9. The van der Waals surface area contributed by atoms with Crippen LogP contribution >= 0.6 is 0 Å². The van der Waals surface area contributed by atoms with E-state index in [9.17, 15) is 19.9 Å². The Kier molecular flexibility index (Phi) is 3.32. The van der Waals surface area contributed by atoms with Gasteiger partial charge in [0.15, 0.2) is 5.60 Å². The molecule has 1 aromatic rings. The Balaban J connectivity index is 1.47. The second kappa shape index (κ2) is 5.51. The molecular weight excluding hydrogens is 434 g/mol. The Bertz CT molecular complexity index is 1300. The quantitative estimate of drug-likeness (QED) is 0.454. The number of amides is 2. The summed E-state index contributed by atoms with van der Waals surface area (Å²) in [5, 5.41) is 29.4. The number of carbonyl (C=O) groups is 2. The van der Waals surface area contributed by atoms with Crippen molar-refractivity contribution in [1.29, 1.82) is 0 Å². The minimum absolute atomic E-state index is 0.0405. The van der Waals surface area contributed by atoms with Crippen molar-refractivity contribution in [2.45, 2.75) is 75.7 Å². The van der Waals surface area contributed by atoms with Crippen LogP contribution in [0.2, 0.25) is 0 Å². The van der Waals surface area contributed by atoms with Gasteiger partial charge in [0.05, 0.1) is 16.5 Å². The lowest BCUT2D eigenvalue weighted by atomic mass is 9.47. The molecule has 5 fully saturated rings. The van der Waals surface area contributed by atoms with Gasteiger partial charge in [-0.25, -0.2) is 0 Å². The molecule has 2 amide bonds. The highest BCUT2D eigenvalue weighted by molar-refractivity contribution is 6.09. The van der Waals surface area contributed by atoms with Crippen LogP contribution in [0.5, 0.6) is 5.75 Å². The largest absolute Gasteiger partial charge is 0.618 e. The number of fused-ring (bicyclic) bond motifs is 6. The zero-order valence-electron chi connectivity index (χ0n) is 19.9. The van der Waals surface area contributed by atoms with E-state index < -0.39 is 27.7 Å². The van der Waals surface area contributed by atoms with Gasteiger partial charge in [0.25, 0.3) is 0 Å². The molecule has 1 aliphatic carbocycles. The molecule has 0 radical (unpaired) electrons. The first kappa shape index (κ1) is 20.5. The second-order valence-electron chi connectivity index (χ2n) is 12.1. The van der Waals surface area contributed by atoms with Gasteiger partial charge in [-0.15, -0.1) is 0 Å². The smallest absolute Gasteiger partial charge is 0.249 e. The number of ether oxygens (including phenoxy) is 1. The van der Waals surface area contributed by atoms with Gasteiger partial charge < -0.3 is 25.3 Å². The normalized spacial score (nSPS) is 39.7. The Morgan fingerprint density at radius 2 is 2.00 bits per heavy atom. The lowest BCUT2D eigenvalue weighted by Crippen LogP contribution is -2.86. The summed E-state index contributed by atoms with van der Waals surface area (Å²) >= 11 is 0. The van der Waals surface area contributed by atoms with E-state index >= 15 is 0 Å². The van der Waals surface area contributed by atoms with Gasteiger partial charge in [0.1, 0.15) is 22.4 Å². The van der Waals surface area contributed by atoms with Crippen molar-refractivity contribution in [2.75, 3.05) is 6.54 Å². The van der Waals surface area contributed by atoms with Crippen molar-refractivity contribution >= 4 is 29.3 Å². The van der Waals surface area contributed by atoms with Crippen molar-refractivity contribution in [2.24, 2.45) is 11.3 Å². The van der Waals surface area contributed by atoms with Gasteiger partial charge in [-0.05, 0) is 71.2 Å². The van der Waals surface area contributed by atoms with Crippen molar-refractivity contribution in [3.63, 3.8) is 0 Å². The van der Waals surface area contributed by atoms with E-state index in [1.807, 2.05) is 39.8 Å². The zero-order chi connectivity index (χ0) is 24.1. The summed E-state index contributed by atoms with van der Waals surface area (Å²) in [6, 6.07) is 3.53. The second-order valence-corrected chi connectivity index (χ2v) is 12.1. The van der Waals surface area contributed by atoms with Gasteiger partial charge in [0, 0.05) is 18.9 Å². The fraction of sp³-hybridized carbons (Fsp3) is 0.577. The summed E-state index contributed by atoms with van der Waals surface area (Å²) in [5.74, 6) is 0.0652. The average Bonchev–Trinajstić information content (AvgIpc) is 3.27. The number of piperazine rings is 1. The molecule has 2 N–H and O–H groups in total. The fourth-order valence-electron chi connectivity index (χ4n) is 8.13. The molecule has 8 nitrogen and oxygen atoms in total. The van der Waals surface area contributed by atoms with E-state index in [0.717, 1.165) is 11.2 Å². The molecule has 6 heterocycles. The summed E-state index contributed by atoms with van der Waals surface area (Å²) in [7, 11) is 0. The first-order valence-electron chi connectivity index (χ1n) is 12.2. The van der Waals surface area contributed by atoms with E-state index in [2.05, 4.69) is 5.32 Å². The third kappa shape index (κ3) is 1.97. The number of rotatable bonds is 0. The maximum atomic E-state index is 14.0. The Labute approximate surface area is 197 Å². The lowest BCUT2D eigenvalue weighted by molar-refractivity contribution is -0.368. The molecule has 4 atom stereocenters. The fourth-order valence-corrected chi connectivity index (χ4v) is 8.13. The Hall–Kier alpha value is -2.87. The van der Waals surface area contributed by atoms with E-state index in [4.69, 9.17) is 4.74 Å². The molecule has 8 rings (SSSR count). The predicted molar refractivity (Wildman–Crippen MR) is 123 cm³/mol. The Morgan fingerprint density at radius 3 is 2.76 bits per heavy atom. The molecule has 1 saturated carbocycles. The molecule has 0 aromatic heterocycles. The van der Waals surface area contributed by atoms with Crippen molar-refractivity contribution in [3.05, 3.63) is 34.5 Å². The minimum atomic E-state index is -1.67. The number of benzene rings is 1. The number of aliphatic hydroxyl groups is 1. The molecule has 2 spiro atoms. The maximum absolute atomic E-state index is 14.0. The highest BCUT2D eigenvalue weighted by Crippen LogP contribution is 2.64. The van der Waals surface area contributed by atoms with Gasteiger partial charge >= 0.3 is 0 Å². The summed E-state index contributed by atoms with van der Waals surface area (Å²) in [5.41, 5.74) is -3.25. The molecular formula is C26H29N3O5. The number of hydrogen-bond acceptors (Lipinski definition) is 5. The molecule has 2 bridgehead atoms. The van der Waals surface area contributed by atoms with E-state index in [1.54, 1.807) is 17.0 Å². The van der Waals surface area contributed by atoms with Crippen LogP contribution in [0.15, 0.2) is 18.2 Å². The predicted octanol–water partition coefficient (Wildman–Crippen LogP) is 2.33. The number of nitrogens with one attached hydrogen (secondary N) is 1. The molecule has 1 aromatic carbocycles. The minimum Gasteiger partial charge on any atom is -0.618 e. The van der Waals surface area contributed by atoms with E-state index in [1.165, 1.54) is 0 Å². The topological polar surface area (TPSA) is 105 Å². The lowest BCUT2D eigenvalue weighted by Gasteiger charge is -2.65. The maximum Gasteiger partial charge on any atom is 0.249 e. The SMILES string of the molecule is CC1(C)C=Cc2c(ccc3c2[N+]([O-])=C2C3(O)CC34NC(=O)C5(CCCN5C3=O)CC4C2(C)C)O1. The third-order valence-corrected chi connectivity index (χ3v) is 9.47. The highest BCUT2D eigenvalue weighted by Gasteiger charge is 2.79. The summed E-state index contributed by atoms with van der Waals surface area (Å²) in [4.78, 5) is 29.0. The zero-order valence-corrected chi connectivity index (χ0v) is 19.9. The average molecular weight is 464 g/mol. The van der Waals surface area contributed by atoms with Gasteiger partial charge in [-0.2, -0.15) is 4.74 Å². The number of piperidine rings is 2. The summed E-state index contributed by atoms with van der Waals surface area (Å²) < 4.78 is 6.97. The molecule has 6 aliphatic heterocycles. The van der Waals surface area contributed by atoms with Gasteiger partial charge in [-0.1, -0.05) is 0 Å². The van der Waals surface area contributed by atoms with Crippen molar-refractivity contribution in [1.82, 2.24) is 10.2 Å². The highest BCUT2D eigenvalue weighted by atomic mass is 16.5. The molecule has 178 valence electrons. The van der Waals surface area contributed by atoms with Crippen LogP contribution in [0.1, 0.15) is 64.5 Å². The van der Waals surface area contributed by atoms with Crippen LogP contribution in [-0.2, 0) is 15.2 Å². The van der Waals surface area contributed by atoms with Crippen molar-refractivity contribution < 1.29 is 24.2 Å². The number of hydrogen-bond donors (Lipinski definition) is 2. The van der Waals surface area contributed by atoms with Crippen LogP contribution in [-0.4, -0.2) is 55.5 Å². The molecule has 34 heavy (non-hydrogen) atoms.